The Hall–Kier alpha value is -1.67. The van der Waals surface area contributed by atoms with E-state index in [0.717, 1.165) is 11.3 Å². The molecule has 1 aromatic heterocycles. The topological polar surface area (TPSA) is 117 Å². The number of amides is 2. The number of H-pyrrole nitrogens is 1. The van der Waals surface area contributed by atoms with Crippen LogP contribution >= 0.6 is 11.3 Å². The quantitative estimate of drug-likeness (QED) is 0.485. The maximum Gasteiger partial charge on any atom is 0.304 e. The van der Waals surface area contributed by atoms with Crippen LogP contribution in [0.25, 0.3) is 0 Å². The van der Waals surface area contributed by atoms with Gasteiger partial charge in [0.2, 0.25) is 11.8 Å². The van der Waals surface area contributed by atoms with E-state index >= 15 is 0 Å². The number of carbonyl (C=O) groups excluding carboxylic acids is 2. The van der Waals surface area contributed by atoms with E-state index < -0.39 is 0 Å². The lowest BCUT2D eigenvalue weighted by Gasteiger charge is -2.04. The first-order chi connectivity index (χ1) is 7.61. The molecule has 0 fully saturated rings. The average molecular weight is 244 g/mol. The molecule has 0 spiro atoms. The first-order valence-corrected chi connectivity index (χ1v) is 5.40. The molecule has 0 aromatic carbocycles. The van der Waals surface area contributed by atoms with Gasteiger partial charge in [0, 0.05) is 11.1 Å². The van der Waals surface area contributed by atoms with Gasteiger partial charge < -0.3 is 21.4 Å². The number of nitrogens with two attached hydrogens (primary N) is 1. The van der Waals surface area contributed by atoms with Crippen molar-refractivity contribution in [2.45, 2.75) is 6.54 Å². The second-order valence-electron chi connectivity index (χ2n) is 2.93. The predicted molar refractivity (Wildman–Crippen MR) is 58.9 cm³/mol. The van der Waals surface area contributed by atoms with Crippen molar-refractivity contribution >= 4 is 23.2 Å². The van der Waals surface area contributed by atoms with Gasteiger partial charge in [-0.15, -0.1) is 0 Å². The number of nitrogens with one attached hydrogen (secondary N) is 3. The van der Waals surface area contributed by atoms with E-state index in [9.17, 15) is 14.4 Å². The lowest BCUT2D eigenvalue weighted by atomic mass is 10.4. The summed E-state index contributed by atoms with van der Waals surface area (Å²) in [6, 6.07) is 0. The molecule has 0 atom stereocenters. The summed E-state index contributed by atoms with van der Waals surface area (Å²) >= 11 is 1.03. The third-order valence-corrected chi connectivity index (χ3v) is 2.40. The van der Waals surface area contributed by atoms with Crippen molar-refractivity contribution in [3.8, 4) is 0 Å². The van der Waals surface area contributed by atoms with Gasteiger partial charge in [0.15, 0.2) is 0 Å². The van der Waals surface area contributed by atoms with Crippen LogP contribution in [0.1, 0.15) is 5.69 Å². The monoisotopic (exact) mass is 244 g/mol. The molecule has 0 saturated carbocycles. The van der Waals surface area contributed by atoms with E-state index in [2.05, 4.69) is 15.6 Å². The van der Waals surface area contributed by atoms with Crippen molar-refractivity contribution in [1.29, 1.82) is 0 Å². The highest BCUT2D eigenvalue weighted by Crippen LogP contribution is 1.93. The molecule has 0 aliphatic rings. The zero-order valence-electron chi connectivity index (χ0n) is 8.41. The van der Waals surface area contributed by atoms with Crippen LogP contribution in [0, 0.1) is 0 Å². The number of carbonyl (C=O) groups is 2. The highest BCUT2D eigenvalue weighted by molar-refractivity contribution is 7.07. The Morgan fingerprint density at radius 3 is 2.69 bits per heavy atom. The Labute approximate surface area is 95.0 Å². The van der Waals surface area contributed by atoms with Crippen LogP contribution in [-0.4, -0.2) is 29.9 Å². The molecule has 1 aromatic rings. The SMILES string of the molecule is NCC(=O)NCC(=O)NCc1csc(=O)[nH]1. The van der Waals surface area contributed by atoms with E-state index in [-0.39, 0.29) is 36.3 Å². The normalized spacial score (nSPS) is 9.81. The minimum atomic E-state index is -0.390. The molecule has 8 heteroatoms. The molecular weight excluding hydrogens is 232 g/mol. The summed E-state index contributed by atoms with van der Waals surface area (Å²) in [6.07, 6.45) is 0. The highest BCUT2D eigenvalue weighted by Gasteiger charge is 2.04. The van der Waals surface area contributed by atoms with Gasteiger partial charge in [-0.3, -0.25) is 14.4 Å². The van der Waals surface area contributed by atoms with Gasteiger partial charge in [-0.2, -0.15) is 0 Å². The summed E-state index contributed by atoms with van der Waals surface area (Å²) in [5.41, 5.74) is 5.68. The van der Waals surface area contributed by atoms with Crippen LogP contribution in [0.3, 0.4) is 0 Å². The molecule has 88 valence electrons. The Kier molecular flexibility index (Phi) is 4.67. The molecule has 16 heavy (non-hydrogen) atoms. The summed E-state index contributed by atoms with van der Waals surface area (Å²) in [5, 5.41) is 6.49. The van der Waals surface area contributed by atoms with Gasteiger partial charge in [-0.1, -0.05) is 11.3 Å². The van der Waals surface area contributed by atoms with E-state index in [0.29, 0.717) is 5.69 Å². The number of aromatic amines is 1. The number of thiazole rings is 1. The largest absolute Gasteiger partial charge is 0.349 e. The van der Waals surface area contributed by atoms with Crippen molar-refractivity contribution in [2.24, 2.45) is 5.73 Å². The first kappa shape index (κ1) is 12.4. The third-order valence-electron chi connectivity index (χ3n) is 1.68. The van der Waals surface area contributed by atoms with E-state index in [1.807, 2.05) is 0 Å². The maximum absolute atomic E-state index is 11.2. The lowest BCUT2D eigenvalue weighted by molar-refractivity contribution is -0.125. The fourth-order valence-electron chi connectivity index (χ4n) is 0.908. The van der Waals surface area contributed by atoms with Gasteiger partial charge in [-0.25, -0.2) is 0 Å². The summed E-state index contributed by atoms with van der Waals surface area (Å²) in [5.74, 6) is -0.729. The van der Waals surface area contributed by atoms with Gasteiger partial charge in [0.1, 0.15) is 0 Å². The van der Waals surface area contributed by atoms with Crippen LogP contribution < -0.4 is 21.2 Å². The number of hydrogen-bond acceptors (Lipinski definition) is 5. The van der Waals surface area contributed by atoms with Crippen LogP contribution in [0.15, 0.2) is 10.2 Å². The van der Waals surface area contributed by atoms with Gasteiger partial charge in [-0.05, 0) is 0 Å². The van der Waals surface area contributed by atoms with Crippen molar-refractivity contribution in [2.75, 3.05) is 13.1 Å². The minimum absolute atomic E-state index is 0.121. The number of hydrogen-bond donors (Lipinski definition) is 4. The minimum Gasteiger partial charge on any atom is -0.349 e. The van der Waals surface area contributed by atoms with E-state index in [4.69, 9.17) is 5.73 Å². The molecule has 0 aliphatic heterocycles. The second-order valence-corrected chi connectivity index (χ2v) is 3.77. The summed E-state index contributed by atoms with van der Waals surface area (Å²) in [6.45, 7) is -0.0361. The Bertz CT molecular complexity index is 425. The van der Waals surface area contributed by atoms with Crippen molar-refractivity contribution in [3.63, 3.8) is 0 Å². The van der Waals surface area contributed by atoms with Gasteiger partial charge >= 0.3 is 4.87 Å². The molecule has 0 bridgehead atoms. The summed E-state index contributed by atoms with van der Waals surface area (Å²) < 4.78 is 0. The van der Waals surface area contributed by atoms with Gasteiger partial charge in [0.05, 0.1) is 19.6 Å². The molecule has 1 rings (SSSR count). The average Bonchev–Trinajstić information content (AvgIpc) is 2.69. The van der Waals surface area contributed by atoms with Crippen LogP contribution in [0.4, 0.5) is 0 Å². The van der Waals surface area contributed by atoms with Gasteiger partial charge in [0.25, 0.3) is 0 Å². The standard InChI is InChI=1S/C8H12N4O3S/c9-1-6(13)11-3-7(14)10-2-5-4-16-8(15)12-5/h4H,1-3,9H2,(H,10,14)(H,11,13)(H,12,15). The zero-order chi connectivity index (χ0) is 12.0. The molecule has 0 aliphatic carbocycles. The van der Waals surface area contributed by atoms with E-state index in [1.54, 1.807) is 5.38 Å². The third kappa shape index (κ3) is 4.24. The van der Waals surface area contributed by atoms with Crippen molar-refractivity contribution < 1.29 is 9.59 Å². The maximum atomic E-state index is 11.2. The van der Waals surface area contributed by atoms with Crippen LogP contribution in [0.5, 0.6) is 0 Å². The molecule has 2 amide bonds. The fourth-order valence-corrected chi connectivity index (χ4v) is 1.49. The molecule has 0 saturated heterocycles. The molecule has 1 heterocycles. The van der Waals surface area contributed by atoms with Crippen molar-refractivity contribution in [3.05, 3.63) is 20.7 Å². The smallest absolute Gasteiger partial charge is 0.304 e. The molecule has 0 radical (unpaired) electrons. The second kappa shape index (κ2) is 6.03. The van der Waals surface area contributed by atoms with E-state index in [1.165, 1.54) is 0 Å². The molecule has 5 N–H and O–H groups in total. The number of aromatic nitrogens is 1. The predicted octanol–water partition coefficient (Wildman–Crippen LogP) is -1.87. The van der Waals surface area contributed by atoms with Crippen molar-refractivity contribution in [1.82, 2.24) is 15.6 Å². The first-order valence-electron chi connectivity index (χ1n) is 4.52. The zero-order valence-corrected chi connectivity index (χ0v) is 9.23. The molecule has 7 nitrogen and oxygen atoms in total. The van der Waals surface area contributed by atoms with Crippen LogP contribution in [0.2, 0.25) is 0 Å². The fraction of sp³-hybridized carbons (Fsp3) is 0.375. The summed E-state index contributed by atoms with van der Waals surface area (Å²) in [7, 11) is 0. The van der Waals surface area contributed by atoms with Crippen LogP contribution in [-0.2, 0) is 16.1 Å². The molecule has 0 unspecified atom stereocenters. The molecular formula is C8H12N4O3S. The number of rotatable bonds is 5. The Balaban J connectivity index is 2.25. The highest BCUT2D eigenvalue weighted by atomic mass is 32.1. The summed E-state index contributed by atoms with van der Waals surface area (Å²) in [4.78, 5) is 35.1. The lowest BCUT2D eigenvalue weighted by Crippen LogP contribution is -2.39. The Morgan fingerprint density at radius 1 is 1.38 bits per heavy atom. The Morgan fingerprint density at radius 2 is 2.12 bits per heavy atom.